The Morgan fingerprint density at radius 2 is 2.62 bits per heavy atom. The van der Waals surface area contributed by atoms with Gasteiger partial charge in [0.2, 0.25) is 0 Å². The van der Waals surface area contributed by atoms with Gasteiger partial charge in [0.05, 0.1) is 6.04 Å². The molecule has 1 atom stereocenters. The summed E-state index contributed by atoms with van der Waals surface area (Å²) in [5.74, 6) is 0. The third kappa shape index (κ3) is 3.46. The maximum atomic E-state index is 5.55. The average Bonchev–Trinajstić information content (AvgIpc) is 2.66. The third-order valence-corrected chi connectivity index (χ3v) is 3.03. The van der Waals surface area contributed by atoms with Gasteiger partial charge in [-0.2, -0.15) is 0 Å². The molecular formula is C9H13ClN2S. The highest BCUT2D eigenvalue weighted by atomic mass is 35.5. The van der Waals surface area contributed by atoms with E-state index in [1.807, 2.05) is 18.5 Å². The van der Waals surface area contributed by atoms with E-state index in [-0.39, 0.29) is 0 Å². The Hall–Kier alpha value is -0.380. The summed E-state index contributed by atoms with van der Waals surface area (Å²) >= 11 is 7.21. The molecule has 1 heterocycles. The van der Waals surface area contributed by atoms with Gasteiger partial charge in [-0.3, -0.25) is 0 Å². The van der Waals surface area contributed by atoms with Crippen LogP contribution in [-0.4, -0.2) is 11.5 Å². The molecule has 0 radical (unpaired) electrons. The van der Waals surface area contributed by atoms with Gasteiger partial charge in [0.15, 0.2) is 0 Å². The first kappa shape index (κ1) is 10.7. The molecule has 0 fully saturated rings. The van der Waals surface area contributed by atoms with E-state index < -0.39 is 0 Å². The Morgan fingerprint density at radius 1 is 1.85 bits per heavy atom. The summed E-state index contributed by atoms with van der Waals surface area (Å²) in [5.41, 5.74) is 2.73. The van der Waals surface area contributed by atoms with Crippen LogP contribution in [0.4, 0.5) is 0 Å². The molecule has 0 bridgehead atoms. The van der Waals surface area contributed by atoms with Gasteiger partial charge in [-0.25, -0.2) is 4.98 Å². The van der Waals surface area contributed by atoms with Crippen molar-refractivity contribution in [3.63, 3.8) is 0 Å². The predicted octanol–water partition coefficient (Wildman–Crippen LogP) is 2.94. The van der Waals surface area contributed by atoms with Gasteiger partial charge in [0.1, 0.15) is 5.01 Å². The molecule has 0 amide bonds. The molecule has 1 unspecified atom stereocenters. The zero-order valence-electron chi connectivity index (χ0n) is 7.75. The highest BCUT2D eigenvalue weighted by Gasteiger charge is 2.05. The second kappa shape index (κ2) is 5.37. The van der Waals surface area contributed by atoms with Crippen molar-refractivity contribution in [2.45, 2.75) is 19.9 Å². The maximum Gasteiger partial charge on any atom is 0.109 e. The highest BCUT2D eigenvalue weighted by molar-refractivity contribution is 7.09. The molecule has 0 aliphatic rings. The highest BCUT2D eigenvalue weighted by Crippen LogP contribution is 2.14. The van der Waals surface area contributed by atoms with Crippen LogP contribution in [0.3, 0.4) is 0 Å². The fraction of sp³-hybridized carbons (Fsp3) is 0.444. The van der Waals surface area contributed by atoms with Gasteiger partial charge in [0.25, 0.3) is 0 Å². The van der Waals surface area contributed by atoms with Gasteiger partial charge in [-0.15, -0.1) is 11.3 Å². The Balaban J connectivity index is 2.38. The summed E-state index contributed by atoms with van der Waals surface area (Å²) in [4.78, 5) is 4.22. The fourth-order valence-electron chi connectivity index (χ4n) is 0.888. The van der Waals surface area contributed by atoms with E-state index in [0.717, 1.165) is 17.1 Å². The lowest BCUT2D eigenvalue weighted by molar-refractivity contribution is 0.603. The first-order valence-electron chi connectivity index (χ1n) is 4.12. The maximum absolute atomic E-state index is 5.55. The summed E-state index contributed by atoms with van der Waals surface area (Å²) in [6.07, 6.45) is 1.82. The number of nitrogens with zero attached hydrogens (tertiary/aromatic N) is 1. The van der Waals surface area contributed by atoms with E-state index in [4.69, 9.17) is 11.6 Å². The Kier molecular flexibility index (Phi) is 4.42. The number of nitrogens with one attached hydrogen (secondary N) is 1. The molecule has 13 heavy (non-hydrogen) atoms. The average molecular weight is 217 g/mol. The van der Waals surface area contributed by atoms with Crippen LogP contribution in [0.2, 0.25) is 0 Å². The van der Waals surface area contributed by atoms with E-state index in [1.54, 1.807) is 16.9 Å². The quantitative estimate of drug-likeness (QED) is 0.837. The Labute approximate surface area is 87.6 Å². The second-order valence-electron chi connectivity index (χ2n) is 2.93. The molecular weight excluding hydrogens is 204 g/mol. The smallest absolute Gasteiger partial charge is 0.109 e. The van der Waals surface area contributed by atoms with Gasteiger partial charge in [0, 0.05) is 23.7 Å². The van der Waals surface area contributed by atoms with Gasteiger partial charge in [-0.1, -0.05) is 11.6 Å². The molecule has 4 heteroatoms. The van der Waals surface area contributed by atoms with Crippen molar-refractivity contribution in [3.8, 4) is 0 Å². The lowest BCUT2D eigenvalue weighted by Crippen LogP contribution is -2.20. The minimum atomic E-state index is 0.298. The van der Waals surface area contributed by atoms with Crippen LogP contribution in [0.5, 0.6) is 0 Å². The zero-order valence-corrected chi connectivity index (χ0v) is 9.32. The normalized spacial score (nSPS) is 14.5. The first-order valence-corrected chi connectivity index (χ1v) is 5.44. The van der Waals surface area contributed by atoms with Crippen LogP contribution in [-0.2, 0) is 0 Å². The van der Waals surface area contributed by atoms with Crippen LogP contribution in [0, 0.1) is 0 Å². The van der Waals surface area contributed by atoms with Crippen molar-refractivity contribution >= 4 is 22.9 Å². The van der Waals surface area contributed by atoms with Crippen LogP contribution in [0.1, 0.15) is 24.9 Å². The topological polar surface area (TPSA) is 24.9 Å². The molecule has 1 N–H and O–H groups in total. The summed E-state index contributed by atoms with van der Waals surface area (Å²) < 4.78 is 0. The number of hydrogen-bond acceptors (Lipinski definition) is 3. The minimum Gasteiger partial charge on any atom is -0.304 e. The largest absolute Gasteiger partial charge is 0.304 e. The van der Waals surface area contributed by atoms with Crippen molar-refractivity contribution in [1.82, 2.24) is 10.3 Å². The molecule has 1 rings (SSSR count). The van der Waals surface area contributed by atoms with E-state index in [9.17, 15) is 0 Å². The molecule has 0 saturated carbocycles. The summed E-state index contributed by atoms with van der Waals surface area (Å²) in [7, 11) is 0. The van der Waals surface area contributed by atoms with Crippen molar-refractivity contribution in [1.29, 1.82) is 0 Å². The molecule has 0 aromatic carbocycles. The number of aromatic nitrogens is 1. The zero-order chi connectivity index (χ0) is 9.68. The number of rotatable bonds is 4. The van der Waals surface area contributed by atoms with Crippen molar-refractivity contribution in [2.75, 3.05) is 6.54 Å². The van der Waals surface area contributed by atoms with E-state index in [1.165, 1.54) is 0 Å². The van der Waals surface area contributed by atoms with Crippen molar-refractivity contribution in [3.05, 3.63) is 27.7 Å². The van der Waals surface area contributed by atoms with Crippen LogP contribution >= 0.6 is 22.9 Å². The Bertz CT molecular complexity index is 269. The number of halogens is 1. The lowest BCUT2D eigenvalue weighted by atomic mass is 10.3. The SMILES string of the molecule is C/C(=C\Cl)CNC(C)c1nccs1. The molecule has 0 saturated heterocycles. The molecule has 0 spiro atoms. The van der Waals surface area contributed by atoms with Gasteiger partial charge in [-0.05, 0) is 19.4 Å². The Morgan fingerprint density at radius 3 is 3.15 bits per heavy atom. The number of thiazole rings is 1. The minimum absolute atomic E-state index is 0.298. The molecule has 1 aromatic rings. The van der Waals surface area contributed by atoms with Crippen molar-refractivity contribution < 1.29 is 0 Å². The fourth-order valence-corrected chi connectivity index (χ4v) is 1.64. The molecule has 72 valence electrons. The monoisotopic (exact) mass is 216 g/mol. The van der Waals surface area contributed by atoms with Gasteiger partial charge >= 0.3 is 0 Å². The molecule has 0 aliphatic heterocycles. The van der Waals surface area contributed by atoms with Crippen LogP contribution in [0.15, 0.2) is 22.7 Å². The van der Waals surface area contributed by atoms with E-state index in [0.29, 0.717) is 6.04 Å². The third-order valence-electron chi connectivity index (χ3n) is 1.70. The first-order chi connectivity index (χ1) is 6.24. The second-order valence-corrected chi connectivity index (χ2v) is 4.07. The lowest BCUT2D eigenvalue weighted by Gasteiger charge is -2.10. The van der Waals surface area contributed by atoms with E-state index in [2.05, 4.69) is 17.2 Å². The summed E-state index contributed by atoms with van der Waals surface area (Å²) in [5, 5.41) is 6.43. The summed E-state index contributed by atoms with van der Waals surface area (Å²) in [6, 6.07) is 0.298. The van der Waals surface area contributed by atoms with Gasteiger partial charge < -0.3 is 5.32 Å². The van der Waals surface area contributed by atoms with Crippen LogP contribution < -0.4 is 5.32 Å². The predicted molar refractivity (Wildman–Crippen MR) is 58.1 cm³/mol. The van der Waals surface area contributed by atoms with Crippen molar-refractivity contribution in [2.24, 2.45) is 0 Å². The molecule has 0 aliphatic carbocycles. The van der Waals surface area contributed by atoms with E-state index >= 15 is 0 Å². The number of hydrogen-bond donors (Lipinski definition) is 1. The standard InChI is InChI=1S/C9H13ClN2S/c1-7(5-10)6-12-8(2)9-11-3-4-13-9/h3-5,8,12H,6H2,1-2H3/b7-5+. The van der Waals surface area contributed by atoms with Crippen LogP contribution in [0.25, 0.3) is 0 Å². The molecule has 2 nitrogen and oxygen atoms in total. The molecule has 1 aromatic heterocycles. The summed E-state index contributed by atoms with van der Waals surface area (Å²) in [6.45, 7) is 4.90.